The molecule has 21 heavy (non-hydrogen) atoms. The quantitative estimate of drug-likeness (QED) is 0.640. The molecule has 0 amide bonds. The number of aryl methyl sites for hydroxylation is 3. The Kier molecular flexibility index (Phi) is 4.89. The SMILES string of the molecule is CCc1noc(CSc2nc(CC)nc(C)c2C(=O)O)n1. The highest BCUT2D eigenvalue weighted by Crippen LogP contribution is 2.26. The third-order valence-electron chi connectivity index (χ3n) is 2.79. The van der Waals surface area contributed by atoms with Gasteiger partial charge in [-0.1, -0.05) is 30.8 Å². The molecule has 0 unspecified atom stereocenters. The highest BCUT2D eigenvalue weighted by Gasteiger charge is 2.19. The molecule has 0 spiro atoms. The second kappa shape index (κ2) is 6.66. The average molecular weight is 308 g/mol. The number of hydrogen-bond acceptors (Lipinski definition) is 7. The van der Waals surface area contributed by atoms with E-state index in [-0.39, 0.29) is 5.56 Å². The number of nitrogens with zero attached hydrogens (tertiary/aromatic N) is 4. The zero-order chi connectivity index (χ0) is 15.4. The predicted octanol–water partition coefficient (Wildman–Crippen LogP) is 2.28. The van der Waals surface area contributed by atoms with Gasteiger partial charge in [0.15, 0.2) is 5.82 Å². The summed E-state index contributed by atoms with van der Waals surface area (Å²) >= 11 is 1.27. The molecule has 2 aromatic heterocycles. The van der Waals surface area contributed by atoms with E-state index in [2.05, 4.69) is 20.1 Å². The van der Waals surface area contributed by atoms with E-state index in [0.717, 1.165) is 0 Å². The molecule has 0 aromatic carbocycles. The van der Waals surface area contributed by atoms with Crippen molar-refractivity contribution in [1.82, 2.24) is 20.1 Å². The molecule has 1 N–H and O–H groups in total. The van der Waals surface area contributed by atoms with E-state index in [0.29, 0.717) is 46.9 Å². The summed E-state index contributed by atoms with van der Waals surface area (Å²) in [5, 5.41) is 13.5. The number of thioether (sulfide) groups is 1. The van der Waals surface area contributed by atoms with Crippen LogP contribution in [0.5, 0.6) is 0 Å². The molecule has 2 rings (SSSR count). The molecule has 8 heteroatoms. The van der Waals surface area contributed by atoms with Gasteiger partial charge in [0.2, 0.25) is 5.89 Å². The Morgan fingerprint density at radius 2 is 1.90 bits per heavy atom. The van der Waals surface area contributed by atoms with Crippen molar-refractivity contribution < 1.29 is 14.4 Å². The van der Waals surface area contributed by atoms with Gasteiger partial charge in [0.25, 0.3) is 0 Å². The minimum absolute atomic E-state index is 0.132. The van der Waals surface area contributed by atoms with Gasteiger partial charge in [-0.2, -0.15) is 4.98 Å². The molecule has 0 radical (unpaired) electrons. The van der Waals surface area contributed by atoms with E-state index in [4.69, 9.17) is 4.52 Å². The van der Waals surface area contributed by atoms with Crippen LogP contribution in [0.2, 0.25) is 0 Å². The Morgan fingerprint density at radius 1 is 1.19 bits per heavy atom. The van der Waals surface area contributed by atoms with Gasteiger partial charge in [-0.15, -0.1) is 0 Å². The Bertz CT molecular complexity index is 657. The van der Waals surface area contributed by atoms with E-state index in [1.807, 2.05) is 13.8 Å². The number of carbonyl (C=O) groups is 1. The highest BCUT2D eigenvalue weighted by atomic mass is 32.2. The fraction of sp³-hybridized carbons (Fsp3) is 0.462. The summed E-state index contributed by atoms with van der Waals surface area (Å²) in [7, 11) is 0. The summed E-state index contributed by atoms with van der Waals surface area (Å²) in [6.45, 7) is 5.54. The zero-order valence-electron chi connectivity index (χ0n) is 12.1. The second-order valence-electron chi connectivity index (χ2n) is 4.31. The lowest BCUT2D eigenvalue weighted by atomic mass is 10.2. The van der Waals surface area contributed by atoms with Crippen LogP contribution in [0.25, 0.3) is 0 Å². The van der Waals surface area contributed by atoms with E-state index >= 15 is 0 Å². The monoisotopic (exact) mass is 308 g/mol. The Hall–Kier alpha value is -1.96. The third kappa shape index (κ3) is 3.57. The first-order chi connectivity index (χ1) is 10.0. The van der Waals surface area contributed by atoms with Crippen LogP contribution < -0.4 is 0 Å². The van der Waals surface area contributed by atoms with E-state index < -0.39 is 5.97 Å². The molecule has 2 aromatic rings. The molecular weight excluding hydrogens is 292 g/mol. The third-order valence-corrected chi connectivity index (χ3v) is 3.75. The van der Waals surface area contributed by atoms with Gasteiger partial charge in [0, 0.05) is 12.8 Å². The molecule has 0 aliphatic heterocycles. The normalized spacial score (nSPS) is 10.8. The van der Waals surface area contributed by atoms with E-state index in [1.54, 1.807) is 6.92 Å². The van der Waals surface area contributed by atoms with Crippen LogP contribution in [0.3, 0.4) is 0 Å². The van der Waals surface area contributed by atoms with Gasteiger partial charge < -0.3 is 9.63 Å². The molecule has 0 aliphatic rings. The highest BCUT2D eigenvalue weighted by molar-refractivity contribution is 7.98. The van der Waals surface area contributed by atoms with Crippen molar-refractivity contribution in [2.75, 3.05) is 0 Å². The van der Waals surface area contributed by atoms with Gasteiger partial charge in [-0.05, 0) is 6.92 Å². The van der Waals surface area contributed by atoms with Crippen LogP contribution >= 0.6 is 11.8 Å². The van der Waals surface area contributed by atoms with E-state index in [9.17, 15) is 9.90 Å². The largest absolute Gasteiger partial charge is 0.478 e. The lowest BCUT2D eigenvalue weighted by Crippen LogP contribution is -2.09. The molecule has 0 saturated heterocycles. The van der Waals surface area contributed by atoms with Gasteiger partial charge in [0.1, 0.15) is 16.4 Å². The summed E-state index contributed by atoms with van der Waals surface area (Å²) in [4.78, 5) is 24.0. The Morgan fingerprint density at radius 3 is 2.48 bits per heavy atom. The van der Waals surface area contributed by atoms with Crippen molar-refractivity contribution in [2.24, 2.45) is 0 Å². The Labute approximate surface area is 126 Å². The van der Waals surface area contributed by atoms with Crippen molar-refractivity contribution in [3.63, 3.8) is 0 Å². The van der Waals surface area contributed by atoms with Crippen molar-refractivity contribution in [3.8, 4) is 0 Å². The maximum absolute atomic E-state index is 11.4. The zero-order valence-corrected chi connectivity index (χ0v) is 12.9. The van der Waals surface area contributed by atoms with Gasteiger partial charge in [0.05, 0.1) is 11.4 Å². The minimum atomic E-state index is -1.03. The number of hydrogen-bond donors (Lipinski definition) is 1. The van der Waals surface area contributed by atoms with Crippen LogP contribution in [0.4, 0.5) is 0 Å². The summed E-state index contributed by atoms with van der Waals surface area (Å²) in [6.07, 6.45) is 1.34. The first-order valence-electron chi connectivity index (χ1n) is 6.60. The molecular formula is C13H16N4O3S. The van der Waals surface area contributed by atoms with E-state index in [1.165, 1.54) is 11.8 Å². The standard InChI is InChI=1S/C13H16N4O3S/c1-4-8-14-7(3)11(13(18)19)12(16-8)21-6-10-15-9(5-2)17-20-10/h4-6H2,1-3H3,(H,18,19). The van der Waals surface area contributed by atoms with Crippen molar-refractivity contribution in [1.29, 1.82) is 0 Å². The second-order valence-corrected chi connectivity index (χ2v) is 5.27. The molecule has 0 aliphatic carbocycles. The molecule has 7 nitrogen and oxygen atoms in total. The smallest absolute Gasteiger partial charge is 0.340 e. The predicted molar refractivity (Wildman–Crippen MR) is 76.3 cm³/mol. The molecule has 112 valence electrons. The summed E-state index contributed by atoms with van der Waals surface area (Å²) in [5.74, 6) is 1.07. The van der Waals surface area contributed by atoms with Crippen molar-refractivity contribution in [2.45, 2.75) is 44.4 Å². The lowest BCUT2D eigenvalue weighted by Gasteiger charge is -2.08. The van der Waals surface area contributed by atoms with Crippen LogP contribution in [0, 0.1) is 6.92 Å². The number of aromatic nitrogens is 4. The van der Waals surface area contributed by atoms with Crippen LogP contribution in [0.1, 0.15) is 47.4 Å². The van der Waals surface area contributed by atoms with Gasteiger partial charge in [-0.3, -0.25) is 0 Å². The topological polar surface area (TPSA) is 102 Å². The summed E-state index contributed by atoms with van der Waals surface area (Å²) in [5.41, 5.74) is 0.601. The lowest BCUT2D eigenvalue weighted by molar-refractivity contribution is 0.0690. The van der Waals surface area contributed by atoms with Crippen LogP contribution in [-0.2, 0) is 18.6 Å². The molecule has 0 fully saturated rings. The fourth-order valence-corrected chi connectivity index (χ4v) is 2.66. The van der Waals surface area contributed by atoms with Crippen molar-refractivity contribution >= 4 is 17.7 Å². The maximum Gasteiger partial charge on any atom is 0.340 e. The average Bonchev–Trinajstić information content (AvgIpc) is 2.91. The molecule has 0 bridgehead atoms. The maximum atomic E-state index is 11.4. The first-order valence-corrected chi connectivity index (χ1v) is 7.58. The summed E-state index contributed by atoms with van der Waals surface area (Å²) < 4.78 is 5.09. The fourth-order valence-electron chi connectivity index (χ4n) is 1.73. The number of aromatic carboxylic acids is 1. The number of rotatable bonds is 6. The molecule has 2 heterocycles. The van der Waals surface area contributed by atoms with Gasteiger partial charge >= 0.3 is 5.97 Å². The van der Waals surface area contributed by atoms with Crippen LogP contribution in [0.15, 0.2) is 9.55 Å². The number of carboxylic acids is 1. The first kappa shape index (κ1) is 15.4. The van der Waals surface area contributed by atoms with Crippen molar-refractivity contribution in [3.05, 3.63) is 28.8 Å². The number of carboxylic acid groups (broad SMARTS) is 1. The van der Waals surface area contributed by atoms with Gasteiger partial charge in [-0.25, -0.2) is 14.8 Å². The minimum Gasteiger partial charge on any atom is -0.478 e. The van der Waals surface area contributed by atoms with Crippen LogP contribution in [-0.4, -0.2) is 31.2 Å². The Balaban J connectivity index is 2.25. The molecule has 0 atom stereocenters. The molecule has 0 saturated carbocycles. The summed E-state index contributed by atoms with van der Waals surface area (Å²) in [6, 6.07) is 0.